The van der Waals surface area contributed by atoms with E-state index in [0.29, 0.717) is 22.3 Å². The van der Waals surface area contributed by atoms with Gasteiger partial charge in [-0.3, -0.25) is 4.68 Å². The zero-order valence-electron chi connectivity index (χ0n) is 12.0. The Balaban J connectivity index is 2.79. The fourth-order valence-electron chi connectivity index (χ4n) is 2.30. The van der Waals surface area contributed by atoms with E-state index in [4.69, 9.17) is 26.8 Å². The molecule has 1 aromatic heterocycles. The molecule has 2 rings (SSSR count). The van der Waals surface area contributed by atoms with Crippen LogP contribution in [0, 0.1) is 0 Å². The summed E-state index contributed by atoms with van der Waals surface area (Å²) in [5.74, 6) is 1.85. The number of benzene rings is 1. The summed E-state index contributed by atoms with van der Waals surface area (Å²) in [4.78, 5) is 0. The van der Waals surface area contributed by atoms with Crippen molar-refractivity contribution in [2.45, 2.75) is 13.3 Å². The number of aromatic nitrogens is 2. The molecule has 2 aromatic rings. The average Bonchev–Trinajstić information content (AvgIpc) is 2.77. The van der Waals surface area contributed by atoms with Gasteiger partial charge in [0, 0.05) is 29.8 Å². The number of aryl methyl sites for hydroxylation is 1. The highest BCUT2D eigenvalue weighted by Crippen LogP contribution is 2.44. The van der Waals surface area contributed by atoms with E-state index in [-0.39, 0.29) is 0 Å². The molecule has 1 aromatic carbocycles. The van der Waals surface area contributed by atoms with Crippen molar-refractivity contribution in [3.8, 4) is 22.6 Å². The SMILES string of the molecule is CCc1c(OC)c(OC)cc(Cl)c1-c1cnn(C)c1N. The van der Waals surface area contributed by atoms with Crippen LogP contribution in [0.4, 0.5) is 5.82 Å². The number of nitrogen functional groups attached to an aromatic ring is 1. The van der Waals surface area contributed by atoms with Crippen molar-refractivity contribution in [2.75, 3.05) is 20.0 Å². The summed E-state index contributed by atoms with van der Waals surface area (Å²) in [6.45, 7) is 2.03. The maximum atomic E-state index is 6.41. The molecule has 0 aliphatic heterocycles. The molecule has 0 amide bonds. The zero-order chi connectivity index (χ0) is 14.9. The first kappa shape index (κ1) is 14.5. The number of anilines is 1. The fraction of sp³-hybridized carbons (Fsp3) is 0.357. The van der Waals surface area contributed by atoms with Gasteiger partial charge in [0.1, 0.15) is 5.82 Å². The highest BCUT2D eigenvalue weighted by molar-refractivity contribution is 6.34. The van der Waals surface area contributed by atoms with Crippen molar-refractivity contribution in [2.24, 2.45) is 7.05 Å². The van der Waals surface area contributed by atoms with Crippen molar-refractivity contribution >= 4 is 17.4 Å². The van der Waals surface area contributed by atoms with E-state index in [1.807, 2.05) is 6.92 Å². The topological polar surface area (TPSA) is 62.3 Å². The maximum absolute atomic E-state index is 6.41. The van der Waals surface area contributed by atoms with Crippen molar-refractivity contribution < 1.29 is 9.47 Å². The van der Waals surface area contributed by atoms with E-state index >= 15 is 0 Å². The Morgan fingerprint density at radius 3 is 2.50 bits per heavy atom. The normalized spacial score (nSPS) is 10.7. The predicted octanol–water partition coefficient (Wildman–Crippen LogP) is 2.90. The first-order chi connectivity index (χ1) is 9.54. The fourth-order valence-corrected chi connectivity index (χ4v) is 2.62. The Morgan fingerprint density at radius 1 is 1.35 bits per heavy atom. The Bertz CT molecular complexity index is 638. The van der Waals surface area contributed by atoms with Crippen LogP contribution in [0.25, 0.3) is 11.1 Å². The first-order valence-electron chi connectivity index (χ1n) is 6.26. The molecular weight excluding hydrogens is 278 g/mol. The second-order valence-corrected chi connectivity index (χ2v) is 4.78. The standard InChI is InChI=1S/C14H18ClN3O2/c1-5-8-12(9-7-17-18(2)14(9)16)10(15)6-11(19-3)13(8)20-4/h6-7H,5,16H2,1-4H3. The summed E-state index contributed by atoms with van der Waals surface area (Å²) >= 11 is 6.41. The minimum absolute atomic E-state index is 0.564. The Morgan fingerprint density at radius 2 is 2.05 bits per heavy atom. The molecule has 2 N–H and O–H groups in total. The van der Waals surface area contributed by atoms with Gasteiger partial charge in [-0.25, -0.2) is 0 Å². The third kappa shape index (κ3) is 2.18. The van der Waals surface area contributed by atoms with Crippen LogP contribution in [0.1, 0.15) is 12.5 Å². The third-order valence-electron chi connectivity index (χ3n) is 3.33. The lowest BCUT2D eigenvalue weighted by molar-refractivity contribution is 0.352. The van der Waals surface area contributed by atoms with Crippen molar-refractivity contribution in [3.05, 3.63) is 22.8 Å². The molecule has 0 spiro atoms. The van der Waals surface area contributed by atoms with E-state index < -0.39 is 0 Å². The van der Waals surface area contributed by atoms with Crippen LogP contribution >= 0.6 is 11.6 Å². The van der Waals surface area contributed by atoms with E-state index in [1.54, 1.807) is 38.2 Å². The molecular formula is C14H18ClN3O2. The summed E-state index contributed by atoms with van der Waals surface area (Å²) in [6.07, 6.45) is 2.45. The van der Waals surface area contributed by atoms with E-state index in [2.05, 4.69) is 5.10 Å². The van der Waals surface area contributed by atoms with Gasteiger partial charge in [-0.1, -0.05) is 18.5 Å². The summed E-state index contributed by atoms with van der Waals surface area (Å²) < 4.78 is 12.4. The molecule has 0 atom stereocenters. The number of nitrogens with two attached hydrogens (primary N) is 1. The van der Waals surface area contributed by atoms with Gasteiger partial charge >= 0.3 is 0 Å². The molecule has 0 fully saturated rings. The largest absolute Gasteiger partial charge is 0.493 e. The first-order valence-corrected chi connectivity index (χ1v) is 6.64. The maximum Gasteiger partial charge on any atom is 0.164 e. The molecule has 0 saturated carbocycles. The molecule has 6 heteroatoms. The zero-order valence-corrected chi connectivity index (χ0v) is 12.8. The van der Waals surface area contributed by atoms with Crippen LogP contribution in [0.2, 0.25) is 5.02 Å². The van der Waals surface area contributed by atoms with Gasteiger partial charge in [0.15, 0.2) is 11.5 Å². The van der Waals surface area contributed by atoms with Crippen molar-refractivity contribution in [1.82, 2.24) is 9.78 Å². The summed E-state index contributed by atoms with van der Waals surface area (Å²) in [5, 5.41) is 4.74. The molecule has 20 heavy (non-hydrogen) atoms. The number of halogens is 1. The van der Waals surface area contributed by atoms with Gasteiger partial charge < -0.3 is 15.2 Å². The number of hydrogen-bond acceptors (Lipinski definition) is 4. The molecule has 0 saturated heterocycles. The van der Waals surface area contributed by atoms with Gasteiger partial charge in [0.05, 0.1) is 25.4 Å². The molecule has 5 nitrogen and oxygen atoms in total. The molecule has 108 valence electrons. The van der Waals surface area contributed by atoms with E-state index in [0.717, 1.165) is 23.1 Å². The van der Waals surface area contributed by atoms with Crippen LogP contribution < -0.4 is 15.2 Å². The van der Waals surface area contributed by atoms with Crippen LogP contribution in [0.5, 0.6) is 11.5 Å². The Labute approximate surface area is 123 Å². The van der Waals surface area contributed by atoms with Gasteiger partial charge in [-0.05, 0) is 6.42 Å². The molecule has 0 aliphatic rings. The van der Waals surface area contributed by atoms with Crippen molar-refractivity contribution in [3.63, 3.8) is 0 Å². The molecule has 0 bridgehead atoms. The number of rotatable bonds is 4. The number of hydrogen-bond donors (Lipinski definition) is 1. The Hall–Kier alpha value is -1.88. The number of methoxy groups -OCH3 is 2. The minimum atomic E-state index is 0.564. The lowest BCUT2D eigenvalue weighted by Crippen LogP contribution is -2.01. The van der Waals surface area contributed by atoms with Gasteiger partial charge in [0.2, 0.25) is 0 Å². The molecule has 0 aliphatic carbocycles. The summed E-state index contributed by atoms with van der Waals surface area (Å²) in [5.41, 5.74) is 8.66. The molecule has 0 radical (unpaired) electrons. The lowest BCUT2D eigenvalue weighted by Gasteiger charge is -2.17. The van der Waals surface area contributed by atoms with Gasteiger partial charge in [-0.15, -0.1) is 0 Å². The van der Waals surface area contributed by atoms with Crippen LogP contribution in [-0.2, 0) is 13.5 Å². The Kier molecular flexibility index (Phi) is 4.09. The van der Waals surface area contributed by atoms with E-state index in [1.165, 1.54) is 0 Å². The average molecular weight is 296 g/mol. The van der Waals surface area contributed by atoms with E-state index in [9.17, 15) is 0 Å². The highest BCUT2D eigenvalue weighted by Gasteiger charge is 2.21. The number of ether oxygens (including phenoxy) is 2. The second kappa shape index (κ2) is 5.63. The lowest BCUT2D eigenvalue weighted by atomic mass is 9.98. The quantitative estimate of drug-likeness (QED) is 0.942. The third-order valence-corrected chi connectivity index (χ3v) is 3.63. The minimum Gasteiger partial charge on any atom is -0.493 e. The van der Waals surface area contributed by atoms with Crippen LogP contribution in [0.3, 0.4) is 0 Å². The monoisotopic (exact) mass is 295 g/mol. The van der Waals surface area contributed by atoms with Gasteiger partial charge in [0.25, 0.3) is 0 Å². The second-order valence-electron chi connectivity index (χ2n) is 4.37. The summed E-state index contributed by atoms with van der Waals surface area (Å²) in [7, 11) is 4.99. The smallest absolute Gasteiger partial charge is 0.164 e. The van der Waals surface area contributed by atoms with Crippen LogP contribution in [0.15, 0.2) is 12.3 Å². The molecule has 1 heterocycles. The molecule has 0 unspecified atom stereocenters. The summed E-state index contributed by atoms with van der Waals surface area (Å²) in [6, 6.07) is 1.74. The van der Waals surface area contributed by atoms with Crippen molar-refractivity contribution in [1.29, 1.82) is 0 Å². The highest BCUT2D eigenvalue weighted by atomic mass is 35.5. The predicted molar refractivity (Wildman–Crippen MR) is 80.5 cm³/mol. The number of nitrogens with zero attached hydrogens (tertiary/aromatic N) is 2. The van der Waals surface area contributed by atoms with Gasteiger partial charge in [-0.2, -0.15) is 5.10 Å². The van der Waals surface area contributed by atoms with Crippen LogP contribution in [-0.4, -0.2) is 24.0 Å².